The van der Waals surface area contributed by atoms with E-state index in [9.17, 15) is 9.36 Å². The predicted octanol–water partition coefficient (Wildman–Crippen LogP) is 6.03. The van der Waals surface area contributed by atoms with Crippen LogP contribution in [0.15, 0.2) is 35.2 Å². The van der Waals surface area contributed by atoms with Gasteiger partial charge in [-0.2, -0.15) is 5.10 Å². The number of halogens is 1. The molecule has 0 bridgehead atoms. The van der Waals surface area contributed by atoms with Crippen molar-refractivity contribution in [2.75, 3.05) is 18.0 Å². The van der Waals surface area contributed by atoms with Crippen molar-refractivity contribution in [3.05, 3.63) is 41.3 Å². The molecule has 3 aromatic heterocycles. The minimum Gasteiger partial charge on any atom is -0.398 e. The Hall–Kier alpha value is -3.48. The highest BCUT2D eigenvalue weighted by Crippen LogP contribution is 2.55. The van der Waals surface area contributed by atoms with E-state index in [0.29, 0.717) is 39.9 Å². The van der Waals surface area contributed by atoms with Gasteiger partial charge >= 0.3 is 7.82 Å². The summed E-state index contributed by atoms with van der Waals surface area (Å²) < 4.78 is 37.4. The number of aromatic nitrogens is 4. The number of pyridine rings is 1. The van der Waals surface area contributed by atoms with Gasteiger partial charge in [-0.3, -0.25) is 23.3 Å². The molecule has 0 fully saturated rings. The summed E-state index contributed by atoms with van der Waals surface area (Å²) in [5.41, 5.74) is 13.4. The van der Waals surface area contributed by atoms with Crippen molar-refractivity contribution in [3.63, 3.8) is 0 Å². The maximum absolute atomic E-state index is 13.4. The van der Waals surface area contributed by atoms with Crippen molar-refractivity contribution >= 4 is 47.8 Å². The third-order valence-corrected chi connectivity index (χ3v) is 7.85. The highest BCUT2D eigenvalue weighted by Gasteiger charge is 2.37. The number of rotatable bonds is 9. The zero-order valence-corrected chi connectivity index (χ0v) is 26.2. The van der Waals surface area contributed by atoms with Gasteiger partial charge in [0.15, 0.2) is 18.1 Å². The molecule has 0 aliphatic rings. The van der Waals surface area contributed by atoms with E-state index in [2.05, 4.69) is 20.6 Å². The minimum atomic E-state index is -3.96. The first-order valence-corrected chi connectivity index (χ1v) is 14.9. The van der Waals surface area contributed by atoms with Crippen LogP contribution in [0.1, 0.15) is 58.8 Å². The summed E-state index contributed by atoms with van der Waals surface area (Å²) in [5, 5.41) is 11.6. The Labute approximate surface area is 248 Å². The van der Waals surface area contributed by atoms with Crippen molar-refractivity contribution in [3.8, 4) is 22.4 Å². The average Bonchev–Trinajstić information content (AvgIpc) is 3.48. The Balaban J connectivity index is 1.68. The van der Waals surface area contributed by atoms with Gasteiger partial charge in [0.1, 0.15) is 0 Å². The smallest absolute Gasteiger partial charge is 0.398 e. The summed E-state index contributed by atoms with van der Waals surface area (Å²) in [6, 6.07) is 3.05. The predicted molar refractivity (Wildman–Crippen MR) is 161 cm³/mol. The highest BCUT2D eigenvalue weighted by molar-refractivity contribution is 7.48. The number of hydrogen-bond acceptors (Lipinski definition) is 11. The number of phosphoric ester groups is 1. The molecule has 4 aromatic rings. The zero-order valence-electron chi connectivity index (χ0n) is 24.5. The van der Waals surface area contributed by atoms with Crippen LogP contribution in [0, 0.1) is 0 Å². The first-order chi connectivity index (χ1) is 19.5. The topological polar surface area (TPSA) is 183 Å². The number of benzene rings is 1. The summed E-state index contributed by atoms with van der Waals surface area (Å²) in [7, 11) is -3.96. The molecular formula is C27H35ClN7O6P. The first kappa shape index (κ1) is 31.5. The number of phosphoric acid groups is 1. The molecule has 0 unspecified atom stereocenters. The first-order valence-electron chi connectivity index (χ1n) is 13.1. The van der Waals surface area contributed by atoms with Gasteiger partial charge in [0.25, 0.3) is 5.91 Å². The lowest BCUT2D eigenvalue weighted by Crippen LogP contribution is -2.25. The molecule has 1 amide bonds. The standard InChI is InChI=1S/C27H35ClN7O6P/c1-8-31-25(36)17-9-16(19(28)10-20(17)29)22-21-23(39-34-24(21)30)18(12-32-22)15-11-33-35(13-15)14-38-42(37,40-26(2,3)4)41-27(5,6)7/h9-13H,8,14,29H2,1-7H3,(H2,30,34)(H,31,36). The number of hydrogen-bond donors (Lipinski definition) is 3. The fourth-order valence-corrected chi connectivity index (χ4v) is 6.05. The van der Waals surface area contributed by atoms with E-state index in [1.165, 1.54) is 10.7 Å². The molecule has 0 aliphatic heterocycles. The van der Waals surface area contributed by atoms with Gasteiger partial charge < -0.3 is 21.3 Å². The summed E-state index contributed by atoms with van der Waals surface area (Å²) in [6.45, 7) is 12.5. The molecular weight excluding hydrogens is 585 g/mol. The van der Waals surface area contributed by atoms with E-state index >= 15 is 0 Å². The van der Waals surface area contributed by atoms with Crippen molar-refractivity contribution in [2.45, 2.75) is 66.4 Å². The molecule has 0 spiro atoms. The largest absolute Gasteiger partial charge is 0.477 e. The lowest BCUT2D eigenvalue weighted by molar-refractivity contribution is -0.00758. The number of carbonyl (C=O) groups is 1. The number of nitrogens with two attached hydrogens (primary N) is 2. The van der Waals surface area contributed by atoms with E-state index in [1.807, 2.05) is 0 Å². The van der Waals surface area contributed by atoms with Crippen LogP contribution in [0.2, 0.25) is 5.02 Å². The SMILES string of the molecule is CCNC(=O)c1cc(-c2ncc(-c3cnn(COP(=O)(OC(C)(C)C)OC(C)(C)C)c3)c3onc(N)c23)c(Cl)cc1N. The number of amides is 1. The number of nitrogen functional groups attached to an aromatic ring is 2. The summed E-state index contributed by atoms with van der Waals surface area (Å²) in [6.07, 6.45) is 4.76. The summed E-state index contributed by atoms with van der Waals surface area (Å²) in [4.78, 5) is 17.2. The second-order valence-corrected chi connectivity index (χ2v) is 13.4. The van der Waals surface area contributed by atoms with E-state index in [-0.39, 0.29) is 34.7 Å². The van der Waals surface area contributed by atoms with Crippen LogP contribution >= 0.6 is 19.4 Å². The molecule has 0 atom stereocenters. The van der Waals surface area contributed by atoms with Gasteiger partial charge in [-0.05, 0) is 60.6 Å². The van der Waals surface area contributed by atoms with Crippen LogP contribution < -0.4 is 16.8 Å². The van der Waals surface area contributed by atoms with E-state index in [0.717, 1.165) is 0 Å². The second kappa shape index (κ2) is 11.7. The van der Waals surface area contributed by atoms with E-state index in [1.54, 1.807) is 73.1 Å². The Morgan fingerprint density at radius 2 is 1.76 bits per heavy atom. The van der Waals surface area contributed by atoms with Crippen molar-refractivity contribution in [1.82, 2.24) is 25.2 Å². The van der Waals surface area contributed by atoms with Crippen LogP contribution in [0.25, 0.3) is 33.4 Å². The maximum Gasteiger partial charge on any atom is 0.477 e. The lowest BCUT2D eigenvalue weighted by atomic mass is 10.0. The minimum absolute atomic E-state index is 0.0807. The van der Waals surface area contributed by atoms with Crippen LogP contribution in [0.3, 0.4) is 0 Å². The molecule has 0 saturated heterocycles. The molecule has 0 radical (unpaired) electrons. The number of nitrogens with zero attached hydrogens (tertiary/aromatic N) is 4. The van der Waals surface area contributed by atoms with Crippen molar-refractivity contribution in [1.29, 1.82) is 0 Å². The van der Waals surface area contributed by atoms with Crippen LogP contribution in [0.5, 0.6) is 0 Å². The summed E-state index contributed by atoms with van der Waals surface area (Å²) >= 11 is 6.54. The molecule has 0 saturated carbocycles. The second-order valence-electron chi connectivity index (χ2n) is 11.5. The number of nitrogens with one attached hydrogen (secondary N) is 1. The molecule has 4 rings (SSSR count). The zero-order chi connectivity index (χ0) is 31.0. The molecule has 42 heavy (non-hydrogen) atoms. The van der Waals surface area contributed by atoms with Crippen molar-refractivity contribution in [2.24, 2.45) is 0 Å². The summed E-state index contributed by atoms with van der Waals surface area (Å²) in [5.74, 6) is -0.267. The normalized spacial score (nSPS) is 12.7. The molecule has 1 aromatic carbocycles. The third kappa shape index (κ3) is 7.11. The molecule has 226 valence electrons. The lowest BCUT2D eigenvalue weighted by Gasteiger charge is -2.30. The van der Waals surface area contributed by atoms with Crippen LogP contribution in [-0.2, 0) is 24.9 Å². The molecule has 13 nitrogen and oxygen atoms in total. The quantitative estimate of drug-likeness (QED) is 0.147. The van der Waals surface area contributed by atoms with Gasteiger partial charge in [-0.25, -0.2) is 9.25 Å². The molecule has 15 heteroatoms. The van der Waals surface area contributed by atoms with Gasteiger partial charge in [0.05, 0.1) is 39.1 Å². The van der Waals surface area contributed by atoms with Crippen LogP contribution in [-0.4, -0.2) is 43.6 Å². The number of fused-ring (bicyclic) bond motifs is 1. The van der Waals surface area contributed by atoms with E-state index in [4.69, 9.17) is 41.2 Å². The van der Waals surface area contributed by atoms with Gasteiger partial charge in [0, 0.05) is 41.3 Å². The molecule has 3 heterocycles. The Morgan fingerprint density at radius 3 is 2.38 bits per heavy atom. The molecule has 5 N–H and O–H groups in total. The van der Waals surface area contributed by atoms with Gasteiger partial charge in [-0.15, -0.1) is 0 Å². The van der Waals surface area contributed by atoms with Gasteiger partial charge in [-0.1, -0.05) is 16.8 Å². The third-order valence-electron chi connectivity index (χ3n) is 5.56. The van der Waals surface area contributed by atoms with Gasteiger partial charge in [0.2, 0.25) is 0 Å². The number of carbonyl (C=O) groups excluding carboxylic acids is 1. The highest BCUT2D eigenvalue weighted by atomic mass is 35.5. The fraction of sp³-hybridized carbons (Fsp3) is 0.407. The fourth-order valence-electron chi connectivity index (χ4n) is 4.05. The monoisotopic (exact) mass is 619 g/mol. The Kier molecular flexibility index (Phi) is 8.73. The van der Waals surface area contributed by atoms with Crippen molar-refractivity contribution < 1.29 is 27.5 Å². The van der Waals surface area contributed by atoms with Crippen LogP contribution in [0.4, 0.5) is 11.5 Å². The van der Waals surface area contributed by atoms with E-state index < -0.39 is 19.0 Å². The number of anilines is 2. The maximum atomic E-state index is 13.4. The Bertz CT molecular complexity index is 1650. The average molecular weight is 620 g/mol. The molecule has 0 aliphatic carbocycles. The Morgan fingerprint density at radius 1 is 1.10 bits per heavy atom.